The van der Waals surface area contributed by atoms with Gasteiger partial charge >= 0.3 is 0 Å². The number of carbonyl (C=O) groups excluding carboxylic acids is 1. The Morgan fingerprint density at radius 3 is 2.42 bits per heavy atom. The van der Waals surface area contributed by atoms with Crippen LogP contribution in [0, 0.1) is 18.3 Å². The van der Waals surface area contributed by atoms with Crippen LogP contribution in [-0.4, -0.2) is 34.9 Å². The molecule has 0 saturated heterocycles. The highest BCUT2D eigenvalue weighted by Gasteiger charge is 2.25. The number of rotatable bonds is 7. The van der Waals surface area contributed by atoms with Gasteiger partial charge in [-0.3, -0.25) is 18.6 Å². The van der Waals surface area contributed by atoms with Crippen LogP contribution in [0.4, 0.5) is 17.5 Å². The van der Waals surface area contributed by atoms with E-state index in [4.69, 9.17) is 27.7 Å². The first-order chi connectivity index (χ1) is 18.2. The first-order valence-corrected chi connectivity index (χ1v) is 12.3. The fraction of sp³-hybridized carbons (Fsp3) is 0.0417. The van der Waals surface area contributed by atoms with E-state index in [-0.39, 0.29) is 33.5 Å². The number of nitrogens with one attached hydrogen (secondary N) is 1. The topological polar surface area (TPSA) is 168 Å². The maximum atomic E-state index is 12.9. The standard InChI is InChI=1S/C24H16Cl2N6O5S/c1-13-18(12-28-37-13)20(33)17(11-27)23(34)31-24-29-21(26)19(14-5-3-2-4-6-14)22(30-24)32(38(35)36)16-9-7-15(25)8-10-16/h2-10,12,33H,1H3,(H,35,36)(H,29,30,31,34)/p-1/b20-17-. The smallest absolute Gasteiger partial charge is 0.272 e. The minimum Gasteiger partial charge on any atom is -0.755 e. The van der Waals surface area contributed by atoms with Gasteiger partial charge in [-0.2, -0.15) is 15.2 Å². The Labute approximate surface area is 228 Å². The van der Waals surface area contributed by atoms with Crippen molar-refractivity contribution in [2.75, 3.05) is 9.62 Å². The van der Waals surface area contributed by atoms with E-state index in [1.54, 1.807) is 36.4 Å². The summed E-state index contributed by atoms with van der Waals surface area (Å²) in [5.74, 6) is -2.21. The van der Waals surface area contributed by atoms with E-state index in [0.29, 0.717) is 10.6 Å². The van der Waals surface area contributed by atoms with Crippen molar-refractivity contribution in [3.63, 3.8) is 0 Å². The zero-order valence-corrected chi connectivity index (χ0v) is 21.6. The second-order valence-electron chi connectivity index (χ2n) is 7.48. The molecule has 192 valence electrons. The molecule has 14 heteroatoms. The van der Waals surface area contributed by atoms with E-state index < -0.39 is 34.5 Å². The number of anilines is 3. The zero-order chi connectivity index (χ0) is 27.4. The molecule has 4 rings (SSSR count). The number of aliphatic hydroxyl groups excluding tert-OH is 1. The molecule has 0 bridgehead atoms. The van der Waals surface area contributed by atoms with E-state index in [0.717, 1.165) is 10.5 Å². The number of nitriles is 1. The van der Waals surface area contributed by atoms with Crippen molar-refractivity contribution >= 4 is 63.6 Å². The van der Waals surface area contributed by atoms with E-state index in [9.17, 15) is 23.9 Å². The van der Waals surface area contributed by atoms with E-state index in [1.165, 1.54) is 31.2 Å². The molecular weight excluding hydrogens is 555 g/mol. The van der Waals surface area contributed by atoms with Crippen LogP contribution >= 0.6 is 23.2 Å². The summed E-state index contributed by atoms with van der Waals surface area (Å²) in [6, 6.07) is 16.0. The molecule has 1 unspecified atom stereocenters. The Balaban J connectivity index is 1.85. The summed E-state index contributed by atoms with van der Waals surface area (Å²) in [6.45, 7) is 1.48. The molecule has 1 atom stereocenters. The quantitative estimate of drug-likeness (QED) is 0.101. The van der Waals surface area contributed by atoms with E-state index in [1.807, 2.05) is 0 Å². The maximum absolute atomic E-state index is 12.9. The van der Waals surface area contributed by atoms with Crippen LogP contribution in [0.1, 0.15) is 11.3 Å². The van der Waals surface area contributed by atoms with Gasteiger partial charge in [-0.05, 0) is 36.8 Å². The lowest BCUT2D eigenvalue weighted by Crippen LogP contribution is -2.23. The minimum absolute atomic E-state index is 0.0337. The lowest BCUT2D eigenvalue weighted by atomic mass is 10.1. The monoisotopic (exact) mass is 569 g/mol. The largest absolute Gasteiger partial charge is 0.755 e. The Kier molecular flexibility index (Phi) is 8.04. The highest BCUT2D eigenvalue weighted by Crippen LogP contribution is 2.39. The van der Waals surface area contributed by atoms with Gasteiger partial charge in [0.25, 0.3) is 5.91 Å². The van der Waals surface area contributed by atoms with Crippen LogP contribution < -0.4 is 9.62 Å². The molecule has 2 aromatic carbocycles. The Bertz CT molecular complexity index is 1600. The fourth-order valence-corrected chi connectivity index (χ4v) is 4.34. The highest BCUT2D eigenvalue weighted by molar-refractivity contribution is 7.81. The van der Waals surface area contributed by atoms with Gasteiger partial charge in [0.2, 0.25) is 5.95 Å². The summed E-state index contributed by atoms with van der Waals surface area (Å²) in [5, 5.41) is 26.0. The zero-order valence-electron chi connectivity index (χ0n) is 19.3. The third kappa shape index (κ3) is 5.51. The molecule has 0 saturated carbocycles. The average Bonchev–Trinajstić information content (AvgIpc) is 3.31. The lowest BCUT2D eigenvalue weighted by Gasteiger charge is -2.28. The first kappa shape index (κ1) is 26.8. The van der Waals surface area contributed by atoms with E-state index in [2.05, 4.69) is 20.4 Å². The normalized spacial score (nSPS) is 12.3. The van der Waals surface area contributed by atoms with Crippen LogP contribution in [0.3, 0.4) is 0 Å². The summed E-state index contributed by atoms with van der Waals surface area (Å²) in [7, 11) is 0. The molecule has 11 nitrogen and oxygen atoms in total. The number of aryl methyl sites for hydroxylation is 1. The van der Waals surface area contributed by atoms with Crippen molar-refractivity contribution in [3.8, 4) is 17.2 Å². The van der Waals surface area contributed by atoms with Crippen molar-refractivity contribution in [3.05, 3.63) is 87.9 Å². The van der Waals surface area contributed by atoms with Gasteiger partial charge in [0.05, 0.1) is 34.3 Å². The molecule has 1 amide bonds. The Morgan fingerprint density at radius 1 is 1.16 bits per heavy atom. The summed E-state index contributed by atoms with van der Waals surface area (Å²) in [6.07, 6.45) is 1.14. The third-order valence-corrected chi connectivity index (χ3v) is 6.33. The number of aliphatic hydroxyl groups is 1. The Morgan fingerprint density at radius 2 is 1.84 bits per heavy atom. The summed E-state index contributed by atoms with van der Waals surface area (Å²) in [5.41, 5.74) is 0.166. The van der Waals surface area contributed by atoms with Crippen LogP contribution in [0.25, 0.3) is 16.9 Å². The maximum Gasteiger partial charge on any atom is 0.272 e. The first-order valence-electron chi connectivity index (χ1n) is 10.6. The van der Waals surface area contributed by atoms with Gasteiger partial charge in [-0.25, -0.2) is 0 Å². The number of hydrogen-bond acceptors (Lipinski definition) is 9. The van der Waals surface area contributed by atoms with Crippen LogP contribution in [0.5, 0.6) is 0 Å². The molecule has 0 spiro atoms. The fourth-order valence-electron chi connectivity index (χ4n) is 3.37. The van der Waals surface area contributed by atoms with Crippen molar-refractivity contribution in [2.45, 2.75) is 6.92 Å². The minimum atomic E-state index is -2.91. The van der Waals surface area contributed by atoms with Crippen molar-refractivity contribution in [1.82, 2.24) is 15.1 Å². The van der Waals surface area contributed by atoms with Crippen LogP contribution in [-0.2, 0) is 16.1 Å². The third-order valence-electron chi connectivity index (χ3n) is 5.12. The second kappa shape index (κ2) is 11.4. The van der Waals surface area contributed by atoms with Crippen molar-refractivity contribution in [1.29, 1.82) is 5.26 Å². The molecule has 0 radical (unpaired) electrons. The molecule has 0 aliphatic heterocycles. The number of carbonyl (C=O) groups is 1. The molecule has 0 aliphatic carbocycles. The highest BCUT2D eigenvalue weighted by atomic mass is 35.5. The SMILES string of the molecule is Cc1oncc1/C(O)=C(\C#N)C(=O)Nc1nc(Cl)c(-c2ccccc2)c(N(c2ccc(Cl)cc2)S(=O)[O-])n1. The number of hydrogen-bond donors (Lipinski definition) is 2. The Hall–Kier alpha value is -4.28. The van der Waals surface area contributed by atoms with Gasteiger partial charge in [0, 0.05) is 5.02 Å². The van der Waals surface area contributed by atoms with Crippen molar-refractivity contribution < 1.29 is 23.2 Å². The molecule has 4 aromatic rings. The van der Waals surface area contributed by atoms with Gasteiger partial charge < -0.3 is 14.2 Å². The van der Waals surface area contributed by atoms with Gasteiger partial charge in [0.1, 0.15) is 17.0 Å². The van der Waals surface area contributed by atoms with E-state index >= 15 is 0 Å². The molecule has 2 aromatic heterocycles. The number of benzene rings is 2. The summed E-state index contributed by atoms with van der Waals surface area (Å²) >= 11 is 9.55. The van der Waals surface area contributed by atoms with Gasteiger partial charge in [-0.1, -0.05) is 58.7 Å². The molecule has 38 heavy (non-hydrogen) atoms. The molecular formula is C24H15Cl2N6O5S-. The summed E-state index contributed by atoms with van der Waals surface area (Å²) < 4.78 is 30.6. The predicted molar refractivity (Wildman–Crippen MR) is 140 cm³/mol. The number of nitrogens with zero attached hydrogens (tertiary/aromatic N) is 5. The molecule has 2 N–H and O–H groups in total. The number of amides is 1. The van der Waals surface area contributed by atoms with Crippen LogP contribution in [0.2, 0.25) is 10.2 Å². The number of aromatic nitrogens is 3. The van der Waals surface area contributed by atoms with Crippen molar-refractivity contribution in [2.24, 2.45) is 0 Å². The molecule has 2 heterocycles. The summed E-state index contributed by atoms with van der Waals surface area (Å²) in [4.78, 5) is 21.2. The van der Waals surface area contributed by atoms with Crippen LogP contribution in [0.15, 0.2) is 70.9 Å². The average molecular weight is 570 g/mol. The molecule has 0 fully saturated rings. The second-order valence-corrected chi connectivity index (χ2v) is 9.07. The molecule has 0 aliphatic rings. The predicted octanol–water partition coefficient (Wildman–Crippen LogP) is 5.11. The van der Waals surface area contributed by atoms with Gasteiger partial charge in [-0.15, -0.1) is 0 Å². The lowest BCUT2D eigenvalue weighted by molar-refractivity contribution is -0.112. The number of halogens is 2. The van der Waals surface area contributed by atoms with Gasteiger partial charge in [0.15, 0.2) is 17.2 Å².